The molecule has 0 spiro atoms. The van der Waals surface area contributed by atoms with E-state index >= 15 is 0 Å². The zero-order chi connectivity index (χ0) is 13.3. The SMILES string of the molecule is CN1CCN(C(=O)OC(C)(C)C)CC(F)(F)C1. The van der Waals surface area contributed by atoms with Crippen LogP contribution in [0.3, 0.4) is 0 Å². The Labute approximate surface area is 101 Å². The lowest BCUT2D eigenvalue weighted by Gasteiger charge is -2.27. The fraction of sp³-hybridized carbons (Fsp3) is 0.909. The van der Waals surface area contributed by atoms with Crippen LogP contribution in [0.1, 0.15) is 20.8 Å². The molecule has 1 saturated heterocycles. The second-order valence-electron chi connectivity index (χ2n) is 5.50. The Morgan fingerprint density at radius 2 is 1.82 bits per heavy atom. The van der Waals surface area contributed by atoms with Crippen LogP contribution < -0.4 is 0 Å². The molecule has 1 rings (SSSR count). The largest absolute Gasteiger partial charge is 0.444 e. The molecule has 1 aliphatic heterocycles. The number of hydrogen-bond acceptors (Lipinski definition) is 3. The first kappa shape index (κ1) is 14.2. The molecule has 0 aromatic heterocycles. The van der Waals surface area contributed by atoms with Crippen molar-refractivity contribution in [3.63, 3.8) is 0 Å². The standard InChI is InChI=1S/C11H20F2N2O2/c1-10(2,3)17-9(16)15-6-5-14(4)7-11(12,13)8-15/h5-8H2,1-4H3. The van der Waals surface area contributed by atoms with Gasteiger partial charge in [0.05, 0.1) is 13.1 Å². The van der Waals surface area contributed by atoms with Gasteiger partial charge in [0.2, 0.25) is 0 Å². The van der Waals surface area contributed by atoms with Crippen LogP contribution in [-0.2, 0) is 4.74 Å². The molecule has 100 valence electrons. The number of amides is 1. The molecule has 1 heterocycles. The van der Waals surface area contributed by atoms with E-state index in [2.05, 4.69) is 0 Å². The van der Waals surface area contributed by atoms with Crippen molar-refractivity contribution >= 4 is 6.09 Å². The van der Waals surface area contributed by atoms with E-state index in [1.54, 1.807) is 27.8 Å². The van der Waals surface area contributed by atoms with Gasteiger partial charge in [0.1, 0.15) is 5.60 Å². The highest BCUT2D eigenvalue weighted by molar-refractivity contribution is 5.68. The molecule has 1 aliphatic rings. The second kappa shape index (κ2) is 4.76. The number of alkyl halides is 2. The molecule has 0 saturated carbocycles. The number of halogens is 2. The van der Waals surface area contributed by atoms with E-state index in [0.717, 1.165) is 4.90 Å². The Morgan fingerprint density at radius 1 is 1.24 bits per heavy atom. The topological polar surface area (TPSA) is 32.8 Å². The molecule has 0 bridgehead atoms. The quantitative estimate of drug-likeness (QED) is 0.657. The Morgan fingerprint density at radius 3 is 2.35 bits per heavy atom. The number of nitrogens with zero attached hydrogens (tertiary/aromatic N) is 2. The van der Waals surface area contributed by atoms with Crippen LogP contribution in [0, 0.1) is 0 Å². The molecule has 6 heteroatoms. The fourth-order valence-electron chi connectivity index (χ4n) is 1.66. The summed E-state index contributed by atoms with van der Waals surface area (Å²) >= 11 is 0. The number of carbonyl (C=O) groups excluding carboxylic acids is 1. The third-order valence-corrected chi connectivity index (χ3v) is 2.33. The zero-order valence-corrected chi connectivity index (χ0v) is 10.8. The first-order valence-electron chi connectivity index (χ1n) is 5.63. The average Bonchev–Trinajstić information content (AvgIpc) is 2.20. The van der Waals surface area contributed by atoms with Crippen molar-refractivity contribution in [3.8, 4) is 0 Å². The fourth-order valence-corrected chi connectivity index (χ4v) is 1.66. The molecule has 17 heavy (non-hydrogen) atoms. The van der Waals surface area contributed by atoms with Gasteiger partial charge in [-0.25, -0.2) is 13.6 Å². The zero-order valence-electron chi connectivity index (χ0n) is 10.8. The predicted molar refractivity (Wildman–Crippen MR) is 60.3 cm³/mol. The molecule has 0 N–H and O–H groups in total. The highest BCUT2D eigenvalue weighted by Gasteiger charge is 2.38. The van der Waals surface area contributed by atoms with Crippen molar-refractivity contribution in [2.24, 2.45) is 0 Å². The third-order valence-electron chi connectivity index (χ3n) is 2.33. The summed E-state index contributed by atoms with van der Waals surface area (Å²) in [6, 6.07) is 0. The average molecular weight is 250 g/mol. The number of hydrogen-bond donors (Lipinski definition) is 0. The molecule has 1 amide bonds. The number of ether oxygens (including phenoxy) is 1. The van der Waals surface area contributed by atoms with Crippen LogP contribution in [0.2, 0.25) is 0 Å². The summed E-state index contributed by atoms with van der Waals surface area (Å²) in [6.07, 6.45) is -0.674. The maximum atomic E-state index is 13.5. The summed E-state index contributed by atoms with van der Waals surface area (Å²) in [4.78, 5) is 14.3. The van der Waals surface area contributed by atoms with Gasteiger partial charge < -0.3 is 9.64 Å². The lowest BCUT2D eigenvalue weighted by Crippen LogP contribution is -2.43. The van der Waals surface area contributed by atoms with E-state index in [9.17, 15) is 13.6 Å². The Hall–Kier alpha value is -0.910. The summed E-state index contributed by atoms with van der Waals surface area (Å²) < 4.78 is 32.0. The van der Waals surface area contributed by atoms with Crippen LogP contribution >= 0.6 is 0 Å². The van der Waals surface area contributed by atoms with E-state index in [1.165, 1.54) is 4.90 Å². The van der Waals surface area contributed by atoms with E-state index in [4.69, 9.17) is 4.74 Å². The summed E-state index contributed by atoms with van der Waals surface area (Å²) in [7, 11) is 1.62. The highest BCUT2D eigenvalue weighted by atomic mass is 19.3. The minimum Gasteiger partial charge on any atom is -0.444 e. The number of likely N-dealkylation sites (N-methyl/N-ethyl adjacent to an activating group) is 1. The van der Waals surface area contributed by atoms with Gasteiger partial charge in [-0.1, -0.05) is 0 Å². The van der Waals surface area contributed by atoms with Crippen molar-refractivity contribution in [3.05, 3.63) is 0 Å². The van der Waals surface area contributed by atoms with Gasteiger partial charge in [-0.2, -0.15) is 0 Å². The Balaban J connectivity index is 2.67. The molecule has 0 atom stereocenters. The van der Waals surface area contributed by atoms with E-state index in [1.807, 2.05) is 0 Å². The van der Waals surface area contributed by atoms with Crippen LogP contribution in [0.15, 0.2) is 0 Å². The lowest BCUT2D eigenvalue weighted by molar-refractivity contribution is -0.0412. The lowest BCUT2D eigenvalue weighted by atomic mass is 10.2. The minimum atomic E-state index is -2.89. The first-order chi connectivity index (χ1) is 7.59. The van der Waals surface area contributed by atoms with Crippen LogP contribution in [0.4, 0.5) is 13.6 Å². The monoisotopic (exact) mass is 250 g/mol. The van der Waals surface area contributed by atoms with Crippen LogP contribution in [0.25, 0.3) is 0 Å². The summed E-state index contributed by atoms with van der Waals surface area (Å²) in [5.74, 6) is -2.89. The third kappa shape index (κ3) is 4.85. The van der Waals surface area contributed by atoms with Gasteiger partial charge in [0.15, 0.2) is 0 Å². The number of carbonyl (C=O) groups is 1. The Kier molecular flexibility index (Phi) is 3.96. The highest BCUT2D eigenvalue weighted by Crippen LogP contribution is 2.21. The van der Waals surface area contributed by atoms with Gasteiger partial charge in [-0.3, -0.25) is 4.90 Å². The smallest absolute Gasteiger partial charge is 0.410 e. The Bertz CT molecular complexity index is 290. The van der Waals surface area contributed by atoms with Crippen molar-refractivity contribution < 1.29 is 18.3 Å². The van der Waals surface area contributed by atoms with E-state index in [-0.39, 0.29) is 13.1 Å². The molecule has 0 radical (unpaired) electrons. The molecule has 4 nitrogen and oxygen atoms in total. The molecule has 1 fully saturated rings. The van der Waals surface area contributed by atoms with Crippen molar-refractivity contribution in [1.29, 1.82) is 0 Å². The minimum absolute atomic E-state index is 0.265. The normalized spacial score (nSPS) is 22.1. The summed E-state index contributed by atoms with van der Waals surface area (Å²) in [5.41, 5.74) is -0.662. The number of rotatable bonds is 0. The summed E-state index contributed by atoms with van der Waals surface area (Å²) in [5, 5.41) is 0. The molecular formula is C11H20F2N2O2. The van der Waals surface area contributed by atoms with Gasteiger partial charge in [0, 0.05) is 13.1 Å². The molecular weight excluding hydrogens is 230 g/mol. The maximum absolute atomic E-state index is 13.5. The van der Waals surface area contributed by atoms with Crippen molar-refractivity contribution in [2.75, 3.05) is 33.2 Å². The second-order valence-corrected chi connectivity index (χ2v) is 5.50. The van der Waals surface area contributed by atoms with Gasteiger partial charge in [-0.15, -0.1) is 0 Å². The maximum Gasteiger partial charge on any atom is 0.410 e. The molecule has 0 unspecified atom stereocenters. The van der Waals surface area contributed by atoms with Crippen molar-refractivity contribution in [2.45, 2.75) is 32.3 Å². The van der Waals surface area contributed by atoms with E-state index in [0.29, 0.717) is 6.54 Å². The summed E-state index contributed by atoms with van der Waals surface area (Å²) in [6.45, 7) is 4.93. The van der Waals surface area contributed by atoms with Gasteiger partial charge in [0.25, 0.3) is 5.92 Å². The molecule has 0 aliphatic carbocycles. The van der Waals surface area contributed by atoms with Gasteiger partial charge in [-0.05, 0) is 27.8 Å². The molecule has 0 aromatic rings. The first-order valence-corrected chi connectivity index (χ1v) is 5.63. The van der Waals surface area contributed by atoms with E-state index < -0.39 is 24.2 Å². The molecule has 0 aromatic carbocycles. The van der Waals surface area contributed by atoms with Crippen LogP contribution in [0.5, 0.6) is 0 Å². The predicted octanol–water partition coefficient (Wildman–Crippen LogP) is 1.80. The van der Waals surface area contributed by atoms with Crippen molar-refractivity contribution in [1.82, 2.24) is 9.80 Å². The van der Waals surface area contributed by atoms with Crippen LogP contribution in [-0.4, -0.2) is 60.6 Å². The van der Waals surface area contributed by atoms with Gasteiger partial charge >= 0.3 is 6.09 Å².